The Kier molecular flexibility index (Phi) is 8.95. The Hall–Kier alpha value is -2.34. The van der Waals surface area contributed by atoms with Crippen LogP contribution in [-0.4, -0.2) is 6.61 Å². The molecule has 0 saturated heterocycles. The third kappa shape index (κ3) is 6.57. The van der Waals surface area contributed by atoms with Crippen LogP contribution in [0.15, 0.2) is 36.4 Å². The van der Waals surface area contributed by atoms with Crippen LogP contribution in [0.1, 0.15) is 87.8 Å². The molecule has 0 atom stereocenters. The molecule has 0 bridgehead atoms. The fraction of sp³-hybridized carbons (Fsp3) is 0.500. The van der Waals surface area contributed by atoms with Crippen LogP contribution in [0.5, 0.6) is 5.75 Å². The summed E-state index contributed by atoms with van der Waals surface area (Å²) in [6.45, 7) is 4.64. The van der Waals surface area contributed by atoms with Gasteiger partial charge in [-0.2, -0.15) is 4.39 Å². The van der Waals surface area contributed by atoms with E-state index in [1.165, 1.54) is 36.1 Å². The fourth-order valence-electron chi connectivity index (χ4n) is 4.15. The number of aryl methyl sites for hydroxylation is 1. The van der Waals surface area contributed by atoms with Crippen molar-refractivity contribution in [3.05, 3.63) is 64.7 Å². The number of halogens is 2. The standard InChI is InChI=1S/C28H34F2O/c1-3-5-7-21-8-13-23(14-9-21)24-15-10-22(11-16-24)12-17-25-18-19-26(28(30)27(25)29)31-20-6-4-2/h8-9,13-14,18-19,22,24H,3-7,10-11,15-16,20H2,1-2H3. The number of benzene rings is 2. The van der Waals surface area contributed by atoms with Gasteiger partial charge >= 0.3 is 0 Å². The van der Waals surface area contributed by atoms with E-state index in [1.807, 2.05) is 6.92 Å². The average Bonchev–Trinajstić information content (AvgIpc) is 2.81. The van der Waals surface area contributed by atoms with Crippen molar-refractivity contribution in [3.8, 4) is 17.6 Å². The van der Waals surface area contributed by atoms with Crippen LogP contribution in [0.25, 0.3) is 0 Å². The highest BCUT2D eigenvalue weighted by Gasteiger charge is 2.21. The molecule has 0 spiro atoms. The van der Waals surface area contributed by atoms with Gasteiger partial charge in [0.2, 0.25) is 5.82 Å². The molecule has 0 amide bonds. The van der Waals surface area contributed by atoms with Crippen molar-refractivity contribution in [3.63, 3.8) is 0 Å². The first-order chi connectivity index (χ1) is 15.1. The molecule has 0 N–H and O–H groups in total. The van der Waals surface area contributed by atoms with Crippen molar-refractivity contribution in [1.29, 1.82) is 0 Å². The molecule has 0 aliphatic heterocycles. The Morgan fingerprint density at radius 3 is 2.26 bits per heavy atom. The maximum atomic E-state index is 14.4. The second kappa shape index (κ2) is 11.9. The molecule has 2 aromatic carbocycles. The second-order valence-corrected chi connectivity index (χ2v) is 8.60. The van der Waals surface area contributed by atoms with E-state index in [0.29, 0.717) is 12.5 Å². The normalized spacial score (nSPS) is 18.3. The van der Waals surface area contributed by atoms with Crippen molar-refractivity contribution >= 4 is 0 Å². The van der Waals surface area contributed by atoms with E-state index in [0.717, 1.165) is 44.9 Å². The van der Waals surface area contributed by atoms with Crippen LogP contribution >= 0.6 is 0 Å². The second-order valence-electron chi connectivity index (χ2n) is 8.60. The van der Waals surface area contributed by atoms with Gasteiger partial charge in [-0.3, -0.25) is 0 Å². The van der Waals surface area contributed by atoms with Crippen LogP contribution in [-0.2, 0) is 6.42 Å². The summed E-state index contributed by atoms with van der Waals surface area (Å²) in [6.07, 6.45) is 9.55. The average molecular weight is 425 g/mol. The number of ether oxygens (including phenoxy) is 1. The van der Waals surface area contributed by atoms with E-state index in [9.17, 15) is 8.78 Å². The number of unbranched alkanes of at least 4 members (excludes halogenated alkanes) is 2. The first-order valence-corrected chi connectivity index (χ1v) is 11.8. The maximum absolute atomic E-state index is 14.4. The van der Waals surface area contributed by atoms with Crippen LogP contribution in [0.2, 0.25) is 0 Å². The van der Waals surface area contributed by atoms with Gasteiger partial charge in [0.05, 0.1) is 12.2 Å². The molecule has 1 saturated carbocycles. The largest absolute Gasteiger partial charge is 0.490 e. The third-order valence-electron chi connectivity index (χ3n) is 6.21. The van der Waals surface area contributed by atoms with Gasteiger partial charge < -0.3 is 4.74 Å². The lowest BCUT2D eigenvalue weighted by Crippen LogP contribution is -2.12. The quantitative estimate of drug-likeness (QED) is 0.310. The maximum Gasteiger partial charge on any atom is 0.201 e. The van der Waals surface area contributed by atoms with Gasteiger partial charge in [-0.15, -0.1) is 0 Å². The van der Waals surface area contributed by atoms with E-state index in [1.54, 1.807) is 0 Å². The van der Waals surface area contributed by atoms with E-state index in [4.69, 9.17) is 4.74 Å². The van der Waals surface area contributed by atoms with Crippen molar-refractivity contribution in [1.82, 2.24) is 0 Å². The van der Waals surface area contributed by atoms with Gasteiger partial charge in [-0.25, -0.2) is 4.39 Å². The highest BCUT2D eigenvalue weighted by Crippen LogP contribution is 2.35. The summed E-state index contributed by atoms with van der Waals surface area (Å²) in [5.41, 5.74) is 2.95. The first-order valence-electron chi connectivity index (χ1n) is 11.8. The lowest BCUT2D eigenvalue weighted by molar-refractivity contribution is 0.288. The molecule has 2 aromatic rings. The van der Waals surface area contributed by atoms with Gasteiger partial charge in [0, 0.05) is 5.92 Å². The predicted octanol–water partition coefficient (Wildman–Crippen LogP) is 7.81. The van der Waals surface area contributed by atoms with Gasteiger partial charge in [0.25, 0.3) is 0 Å². The summed E-state index contributed by atoms with van der Waals surface area (Å²) in [5.74, 6) is 5.01. The molecule has 1 aliphatic carbocycles. The minimum Gasteiger partial charge on any atom is -0.490 e. The molecule has 0 unspecified atom stereocenters. The zero-order valence-electron chi connectivity index (χ0n) is 18.9. The highest BCUT2D eigenvalue weighted by molar-refractivity contribution is 5.41. The summed E-state index contributed by atoms with van der Waals surface area (Å²) in [4.78, 5) is 0. The lowest BCUT2D eigenvalue weighted by Gasteiger charge is -2.26. The van der Waals surface area contributed by atoms with E-state index in [2.05, 4.69) is 43.0 Å². The Bertz CT molecular complexity index is 884. The van der Waals surface area contributed by atoms with Crippen LogP contribution < -0.4 is 4.74 Å². The minimum absolute atomic E-state index is 0.0299. The van der Waals surface area contributed by atoms with Crippen LogP contribution in [0, 0.1) is 29.4 Å². The van der Waals surface area contributed by atoms with Crippen molar-refractivity contribution in [2.45, 2.75) is 77.6 Å². The highest BCUT2D eigenvalue weighted by atomic mass is 19.2. The fourth-order valence-corrected chi connectivity index (χ4v) is 4.15. The van der Waals surface area contributed by atoms with Crippen LogP contribution in [0.4, 0.5) is 8.78 Å². The van der Waals surface area contributed by atoms with Gasteiger partial charge in [0.1, 0.15) is 0 Å². The molecular formula is C28H34F2O. The van der Waals surface area contributed by atoms with E-state index < -0.39 is 11.6 Å². The molecule has 1 fully saturated rings. The van der Waals surface area contributed by atoms with Gasteiger partial charge in [0.15, 0.2) is 11.6 Å². The molecule has 3 heteroatoms. The zero-order chi connectivity index (χ0) is 22.1. The summed E-state index contributed by atoms with van der Waals surface area (Å²) < 4.78 is 33.9. The third-order valence-corrected chi connectivity index (χ3v) is 6.21. The molecule has 0 heterocycles. The number of hydrogen-bond donors (Lipinski definition) is 0. The summed E-state index contributed by atoms with van der Waals surface area (Å²) in [7, 11) is 0. The zero-order valence-corrected chi connectivity index (χ0v) is 18.9. The van der Waals surface area contributed by atoms with E-state index >= 15 is 0 Å². The van der Waals surface area contributed by atoms with Crippen molar-refractivity contribution < 1.29 is 13.5 Å². The topological polar surface area (TPSA) is 9.23 Å². The predicted molar refractivity (Wildman–Crippen MR) is 123 cm³/mol. The Morgan fingerprint density at radius 2 is 1.58 bits per heavy atom. The monoisotopic (exact) mass is 424 g/mol. The minimum atomic E-state index is -0.936. The van der Waals surface area contributed by atoms with Gasteiger partial charge in [-0.05, 0) is 74.1 Å². The lowest BCUT2D eigenvalue weighted by atomic mass is 9.78. The summed E-state index contributed by atoms with van der Waals surface area (Å²) in [5, 5.41) is 0. The molecule has 31 heavy (non-hydrogen) atoms. The molecule has 0 radical (unpaired) electrons. The van der Waals surface area contributed by atoms with E-state index in [-0.39, 0.29) is 17.2 Å². The summed E-state index contributed by atoms with van der Waals surface area (Å²) >= 11 is 0. The SMILES string of the molecule is CCCCOc1ccc(C#CC2CCC(c3ccc(CCCC)cc3)CC2)c(F)c1F. The summed E-state index contributed by atoms with van der Waals surface area (Å²) in [6, 6.07) is 12.1. The smallest absolute Gasteiger partial charge is 0.201 e. The molecule has 1 aliphatic rings. The molecule has 3 rings (SSSR count). The van der Waals surface area contributed by atoms with Crippen molar-refractivity contribution in [2.75, 3.05) is 6.61 Å². The molecular weight excluding hydrogens is 390 g/mol. The Labute approximate surface area is 186 Å². The molecule has 1 nitrogen and oxygen atoms in total. The van der Waals surface area contributed by atoms with Crippen LogP contribution in [0.3, 0.4) is 0 Å². The Morgan fingerprint density at radius 1 is 0.871 bits per heavy atom. The number of hydrogen-bond acceptors (Lipinski definition) is 1. The number of rotatable bonds is 8. The molecule has 166 valence electrons. The first kappa shape index (κ1) is 23.3. The molecule has 0 aromatic heterocycles. The Balaban J connectivity index is 1.55. The van der Waals surface area contributed by atoms with Gasteiger partial charge in [-0.1, -0.05) is 62.8 Å². The van der Waals surface area contributed by atoms with Crippen molar-refractivity contribution in [2.24, 2.45) is 5.92 Å².